The molecule has 4 aliphatic heterocycles. The van der Waals surface area contributed by atoms with Gasteiger partial charge in [-0.3, -0.25) is 14.6 Å². The molecule has 3 saturated heterocycles. The van der Waals surface area contributed by atoms with Crippen molar-refractivity contribution < 1.29 is 0 Å². The van der Waals surface area contributed by atoms with Gasteiger partial charge in [-0.2, -0.15) is 0 Å². The molecule has 2 N–H and O–H groups in total. The van der Waals surface area contributed by atoms with Crippen molar-refractivity contribution in [2.45, 2.75) is 19.0 Å². The first-order chi connectivity index (χ1) is 9.31. The van der Waals surface area contributed by atoms with E-state index in [2.05, 4.69) is 20.1 Å². The van der Waals surface area contributed by atoms with Crippen LogP contribution in [0.1, 0.15) is 23.1 Å². The molecule has 1 unspecified atom stereocenters. The molecule has 0 spiro atoms. The summed E-state index contributed by atoms with van der Waals surface area (Å²) in [6, 6.07) is 0.274. The van der Waals surface area contributed by atoms with Crippen LogP contribution in [-0.2, 0) is 13.0 Å². The van der Waals surface area contributed by atoms with Crippen molar-refractivity contribution >= 4 is 0 Å². The third-order valence-corrected chi connectivity index (χ3v) is 4.55. The molecule has 0 aromatic carbocycles. The van der Waals surface area contributed by atoms with E-state index >= 15 is 0 Å². The van der Waals surface area contributed by atoms with Crippen LogP contribution in [0, 0.1) is 0 Å². The standard InChI is InChI=1S/C13H19N5O/c19-13-9-7-14-2-1-10(9)15-12(16-13)11-8-17-3-5-18(11)6-4-17/h11,14H,1-8H2,(H,15,16,19). The monoisotopic (exact) mass is 261 g/mol. The zero-order chi connectivity index (χ0) is 12.8. The highest BCUT2D eigenvalue weighted by Gasteiger charge is 2.34. The van der Waals surface area contributed by atoms with E-state index in [-0.39, 0.29) is 11.6 Å². The van der Waals surface area contributed by atoms with Crippen LogP contribution in [0.15, 0.2) is 4.79 Å². The second-order valence-corrected chi connectivity index (χ2v) is 5.66. The van der Waals surface area contributed by atoms with Gasteiger partial charge in [0, 0.05) is 52.2 Å². The van der Waals surface area contributed by atoms with Crippen molar-refractivity contribution in [3.8, 4) is 0 Å². The van der Waals surface area contributed by atoms with E-state index in [1.54, 1.807) is 0 Å². The van der Waals surface area contributed by atoms with Crippen molar-refractivity contribution in [2.24, 2.45) is 0 Å². The van der Waals surface area contributed by atoms with E-state index in [9.17, 15) is 4.79 Å². The van der Waals surface area contributed by atoms with Gasteiger partial charge in [0.25, 0.3) is 5.56 Å². The van der Waals surface area contributed by atoms with Crippen LogP contribution >= 0.6 is 0 Å². The molecule has 5 rings (SSSR count). The third-order valence-electron chi connectivity index (χ3n) is 4.55. The predicted molar refractivity (Wildman–Crippen MR) is 71.0 cm³/mol. The normalized spacial score (nSPS) is 33.2. The molecule has 6 heteroatoms. The molecule has 0 radical (unpaired) electrons. The van der Waals surface area contributed by atoms with E-state index in [1.165, 1.54) is 0 Å². The summed E-state index contributed by atoms with van der Waals surface area (Å²) in [6.07, 6.45) is 0.864. The number of H-pyrrole nitrogens is 1. The molecule has 4 aliphatic rings. The molecule has 1 atom stereocenters. The van der Waals surface area contributed by atoms with Gasteiger partial charge < -0.3 is 10.3 Å². The van der Waals surface area contributed by atoms with E-state index in [1.807, 2.05) is 0 Å². The van der Waals surface area contributed by atoms with Crippen LogP contribution in [0.5, 0.6) is 0 Å². The van der Waals surface area contributed by atoms with Gasteiger partial charge in [-0.05, 0) is 0 Å². The summed E-state index contributed by atoms with van der Waals surface area (Å²) < 4.78 is 0. The number of rotatable bonds is 1. The maximum atomic E-state index is 12.2. The topological polar surface area (TPSA) is 64.3 Å². The maximum Gasteiger partial charge on any atom is 0.255 e. The lowest BCUT2D eigenvalue weighted by Crippen LogP contribution is -2.57. The van der Waals surface area contributed by atoms with Gasteiger partial charge in [0.15, 0.2) is 0 Å². The maximum absolute atomic E-state index is 12.2. The molecule has 0 aliphatic carbocycles. The summed E-state index contributed by atoms with van der Waals surface area (Å²) in [7, 11) is 0. The minimum absolute atomic E-state index is 0.0462. The van der Waals surface area contributed by atoms with Crippen molar-refractivity contribution in [2.75, 3.05) is 39.3 Å². The van der Waals surface area contributed by atoms with Crippen LogP contribution in [0.3, 0.4) is 0 Å². The van der Waals surface area contributed by atoms with E-state index in [0.29, 0.717) is 6.54 Å². The Morgan fingerprint density at radius 3 is 2.79 bits per heavy atom. The van der Waals surface area contributed by atoms with Gasteiger partial charge in [-0.1, -0.05) is 0 Å². The van der Waals surface area contributed by atoms with Crippen molar-refractivity contribution in [1.29, 1.82) is 0 Å². The Hall–Kier alpha value is -1.24. The summed E-state index contributed by atoms with van der Waals surface area (Å²) in [5.41, 5.74) is 1.87. The van der Waals surface area contributed by atoms with Crippen molar-refractivity contribution in [3.63, 3.8) is 0 Å². The van der Waals surface area contributed by atoms with Crippen molar-refractivity contribution in [1.82, 2.24) is 25.1 Å². The fraction of sp³-hybridized carbons (Fsp3) is 0.692. The summed E-state index contributed by atoms with van der Waals surface area (Å²) in [6.45, 7) is 7.05. The lowest BCUT2D eigenvalue weighted by molar-refractivity contribution is 0.00841. The Morgan fingerprint density at radius 2 is 2.05 bits per heavy atom. The Bertz CT molecular complexity index is 546. The average molecular weight is 261 g/mol. The quantitative estimate of drug-likeness (QED) is 0.685. The molecular weight excluding hydrogens is 242 g/mol. The van der Waals surface area contributed by atoms with E-state index in [0.717, 1.165) is 62.8 Å². The fourth-order valence-corrected chi connectivity index (χ4v) is 3.41. The molecule has 6 nitrogen and oxygen atoms in total. The Balaban J connectivity index is 1.72. The molecule has 0 amide bonds. The number of hydrogen-bond acceptors (Lipinski definition) is 5. The van der Waals surface area contributed by atoms with Crippen LogP contribution in [0.25, 0.3) is 0 Å². The minimum Gasteiger partial charge on any atom is -0.312 e. The van der Waals surface area contributed by atoms with Gasteiger partial charge in [0.05, 0.1) is 17.3 Å². The Kier molecular flexibility index (Phi) is 2.68. The average Bonchev–Trinajstić information content (AvgIpc) is 2.48. The highest BCUT2D eigenvalue weighted by molar-refractivity contribution is 5.21. The first-order valence-electron chi connectivity index (χ1n) is 7.10. The number of piperazine rings is 3. The van der Waals surface area contributed by atoms with E-state index in [4.69, 9.17) is 4.98 Å². The van der Waals surface area contributed by atoms with E-state index < -0.39 is 0 Å². The number of aromatic amines is 1. The number of nitrogens with zero attached hydrogens (tertiary/aromatic N) is 3. The molecule has 2 bridgehead atoms. The molecule has 19 heavy (non-hydrogen) atoms. The van der Waals surface area contributed by atoms with Gasteiger partial charge in [0.2, 0.25) is 0 Å². The molecule has 102 valence electrons. The number of nitrogens with one attached hydrogen (secondary N) is 2. The Morgan fingerprint density at radius 1 is 1.21 bits per heavy atom. The molecule has 1 aromatic rings. The summed E-state index contributed by atoms with van der Waals surface area (Å²) in [5, 5.41) is 3.23. The van der Waals surface area contributed by atoms with Gasteiger partial charge >= 0.3 is 0 Å². The molecule has 1 aromatic heterocycles. The van der Waals surface area contributed by atoms with Crippen LogP contribution in [0.4, 0.5) is 0 Å². The Labute approximate surface area is 111 Å². The number of aromatic nitrogens is 2. The van der Waals surface area contributed by atoms with Gasteiger partial charge in [0.1, 0.15) is 5.82 Å². The predicted octanol–water partition coefficient (Wildman–Crippen LogP) is -0.912. The highest BCUT2D eigenvalue weighted by atomic mass is 16.1. The first kappa shape index (κ1) is 11.6. The number of fused-ring (bicyclic) bond motifs is 4. The SMILES string of the molecule is O=c1[nH]c(C2CN3CCN2CC3)nc2c1CNCC2. The van der Waals surface area contributed by atoms with Crippen LogP contribution in [0.2, 0.25) is 0 Å². The first-order valence-corrected chi connectivity index (χ1v) is 7.10. The largest absolute Gasteiger partial charge is 0.312 e. The summed E-state index contributed by atoms with van der Waals surface area (Å²) >= 11 is 0. The smallest absolute Gasteiger partial charge is 0.255 e. The molecule has 5 heterocycles. The molecule has 3 fully saturated rings. The molecule has 0 saturated carbocycles. The van der Waals surface area contributed by atoms with Gasteiger partial charge in [-0.15, -0.1) is 0 Å². The zero-order valence-electron chi connectivity index (χ0n) is 11.0. The second kappa shape index (κ2) is 4.40. The second-order valence-electron chi connectivity index (χ2n) is 5.66. The van der Waals surface area contributed by atoms with Gasteiger partial charge in [-0.25, -0.2) is 4.98 Å². The third kappa shape index (κ3) is 1.91. The lowest BCUT2D eigenvalue weighted by Gasteiger charge is -2.46. The van der Waals surface area contributed by atoms with Crippen molar-refractivity contribution in [3.05, 3.63) is 27.4 Å². The zero-order valence-corrected chi connectivity index (χ0v) is 11.0. The minimum atomic E-state index is 0.0462. The fourth-order valence-electron chi connectivity index (χ4n) is 3.41. The van der Waals surface area contributed by atoms with Crippen LogP contribution in [-0.4, -0.2) is 59.0 Å². The molecular formula is C13H19N5O. The number of hydrogen-bond donors (Lipinski definition) is 2. The van der Waals surface area contributed by atoms with Crippen LogP contribution < -0.4 is 10.9 Å². The summed E-state index contributed by atoms with van der Waals surface area (Å²) in [4.78, 5) is 24.8. The lowest BCUT2D eigenvalue weighted by atomic mass is 10.1. The highest BCUT2D eigenvalue weighted by Crippen LogP contribution is 2.26. The summed E-state index contributed by atoms with van der Waals surface area (Å²) in [5.74, 6) is 0.870.